The summed E-state index contributed by atoms with van der Waals surface area (Å²) in [7, 11) is 0. The van der Waals surface area contributed by atoms with Crippen LogP contribution in [-0.4, -0.2) is 22.3 Å². The van der Waals surface area contributed by atoms with Gasteiger partial charge < -0.3 is 4.74 Å². The molecule has 1 heterocycles. The molecule has 0 fully saturated rings. The van der Waals surface area contributed by atoms with E-state index in [2.05, 4.69) is 4.98 Å². The Morgan fingerprint density at radius 2 is 2.24 bits per heavy atom. The van der Waals surface area contributed by atoms with Crippen LogP contribution < -0.4 is 0 Å². The van der Waals surface area contributed by atoms with Gasteiger partial charge in [-0.15, -0.1) is 0 Å². The van der Waals surface area contributed by atoms with Crippen LogP contribution in [0.5, 0.6) is 0 Å². The van der Waals surface area contributed by atoms with Crippen LogP contribution in [-0.2, 0) is 11.2 Å². The van der Waals surface area contributed by atoms with Crippen molar-refractivity contribution in [3.8, 4) is 0 Å². The summed E-state index contributed by atoms with van der Waals surface area (Å²) in [6.07, 6.45) is 4.63. The monoisotopic (exact) mass is 250 g/mol. The Morgan fingerprint density at radius 1 is 1.41 bits per heavy atom. The fourth-order valence-corrected chi connectivity index (χ4v) is 1.62. The fourth-order valence-electron chi connectivity index (χ4n) is 1.39. The van der Waals surface area contributed by atoms with Gasteiger partial charge in [0.05, 0.1) is 6.61 Å². The molecule has 0 bridgehead atoms. The Morgan fingerprint density at radius 3 is 2.94 bits per heavy atom. The van der Waals surface area contributed by atoms with Crippen LogP contribution >= 0.6 is 11.6 Å². The topological polar surface area (TPSA) is 44.1 Å². The molecular weight excluding hydrogens is 240 g/mol. The van der Waals surface area contributed by atoms with Gasteiger partial charge in [-0.05, 0) is 11.6 Å². The molecule has 0 amide bonds. The summed E-state index contributed by atoms with van der Waals surface area (Å²) in [5.74, 6) is 0. The summed E-state index contributed by atoms with van der Waals surface area (Å²) in [4.78, 5) is 15.2. The van der Waals surface area contributed by atoms with Crippen molar-refractivity contribution in [1.29, 1.82) is 0 Å². The first-order chi connectivity index (χ1) is 8.27. The molecule has 2 aromatic rings. The highest BCUT2D eigenvalue weighted by molar-refractivity contribution is 6.31. The molecule has 0 atom stereocenters. The normalized spacial score (nSPS) is 10.2. The standard InChI is InChI=1S/C12H11ClN2O2/c13-11-4-2-1-3-10(11)5-8-17-12(16)15-7-6-14-9-15/h1-4,6-7,9H,5,8H2. The van der Waals surface area contributed by atoms with Gasteiger partial charge in [-0.2, -0.15) is 0 Å². The molecular formula is C12H11ClN2O2. The summed E-state index contributed by atoms with van der Waals surface area (Å²) in [5, 5.41) is 0.686. The van der Waals surface area contributed by atoms with Crippen molar-refractivity contribution >= 4 is 17.7 Å². The Labute approximate surface area is 104 Å². The van der Waals surface area contributed by atoms with Gasteiger partial charge in [0.25, 0.3) is 0 Å². The number of imidazole rings is 1. The van der Waals surface area contributed by atoms with E-state index >= 15 is 0 Å². The second-order valence-corrected chi connectivity index (χ2v) is 3.83. The number of rotatable bonds is 3. The lowest BCUT2D eigenvalue weighted by Gasteiger charge is -2.05. The van der Waals surface area contributed by atoms with Gasteiger partial charge in [-0.1, -0.05) is 29.8 Å². The highest BCUT2D eigenvalue weighted by Gasteiger charge is 2.05. The molecule has 17 heavy (non-hydrogen) atoms. The van der Waals surface area contributed by atoms with Crippen molar-refractivity contribution in [1.82, 2.24) is 9.55 Å². The molecule has 1 aromatic carbocycles. The number of hydrogen-bond acceptors (Lipinski definition) is 3. The van der Waals surface area contributed by atoms with Gasteiger partial charge in [-0.25, -0.2) is 14.3 Å². The first kappa shape index (κ1) is 11.7. The van der Waals surface area contributed by atoms with Crippen molar-refractivity contribution in [2.24, 2.45) is 0 Å². The molecule has 0 spiro atoms. The zero-order valence-electron chi connectivity index (χ0n) is 9.04. The number of aromatic nitrogens is 2. The smallest absolute Gasteiger partial charge is 0.419 e. The minimum Gasteiger partial charge on any atom is -0.449 e. The Hall–Kier alpha value is -1.81. The molecule has 4 nitrogen and oxygen atoms in total. The van der Waals surface area contributed by atoms with E-state index in [0.29, 0.717) is 18.1 Å². The first-order valence-electron chi connectivity index (χ1n) is 5.16. The molecule has 0 aliphatic rings. The van der Waals surface area contributed by atoms with Crippen LogP contribution in [0.2, 0.25) is 5.02 Å². The Kier molecular flexibility index (Phi) is 3.77. The maximum absolute atomic E-state index is 11.4. The third-order valence-corrected chi connectivity index (χ3v) is 2.64. The van der Waals surface area contributed by atoms with Gasteiger partial charge in [0.2, 0.25) is 0 Å². The van der Waals surface area contributed by atoms with Crippen molar-refractivity contribution in [2.45, 2.75) is 6.42 Å². The molecule has 0 saturated heterocycles. The van der Waals surface area contributed by atoms with Gasteiger partial charge >= 0.3 is 6.09 Å². The zero-order valence-corrected chi connectivity index (χ0v) is 9.80. The predicted octanol–water partition coefficient (Wildman–Crippen LogP) is 2.76. The number of nitrogens with zero attached hydrogens (tertiary/aromatic N) is 2. The van der Waals surface area contributed by atoms with Crippen LogP contribution in [0.4, 0.5) is 4.79 Å². The third kappa shape index (κ3) is 3.07. The second-order valence-electron chi connectivity index (χ2n) is 3.43. The number of carbonyl (C=O) groups excluding carboxylic acids is 1. The molecule has 0 N–H and O–H groups in total. The van der Waals surface area contributed by atoms with Gasteiger partial charge in [-0.3, -0.25) is 0 Å². The van der Waals surface area contributed by atoms with E-state index in [1.807, 2.05) is 24.3 Å². The van der Waals surface area contributed by atoms with E-state index in [0.717, 1.165) is 5.56 Å². The van der Waals surface area contributed by atoms with Crippen molar-refractivity contribution in [2.75, 3.05) is 6.61 Å². The van der Waals surface area contributed by atoms with Gasteiger partial charge in [0.15, 0.2) is 0 Å². The number of carbonyl (C=O) groups is 1. The van der Waals surface area contributed by atoms with Crippen LogP contribution in [0, 0.1) is 0 Å². The van der Waals surface area contributed by atoms with Crippen molar-refractivity contribution in [3.05, 3.63) is 53.6 Å². The van der Waals surface area contributed by atoms with Crippen molar-refractivity contribution in [3.63, 3.8) is 0 Å². The third-order valence-electron chi connectivity index (χ3n) is 2.27. The summed E-state index contributed by atoms with van der Waals surface area (Å²) >= 11 is 5.98. The van der Waals surface area contributed by atoms with E-state index in [1.165, 1.54) is 23.3 Å². The molecule has 5 heteroatoms. The lowest BCUT2D eigenvalue weighted by molar-refractivity contribution is 0.149. The summed E-state index contributed by atoms with van der Waals surface area (Å²) in [6.45, 7) is 0.292. The molecule has 0 saturated carbocycles. The predicted molar refractivity (Wildman–Crippen MR) is 64.1 cm³/mol. The number of hydrogen-bond donors (Lipinski definition) is 0. The summed E-state index contributed by atoms with van der Waals surface area (Å²) in [5.41, 5.74) is 0.965. The molecule has 0 aliphatic heterocycles. The molecule has 0 aliphatic carbocycles. The maximum atomic E-state index is 11.4. The minimum atomic E-state index is -0.436. The lowest BCUT2D eigenvalue weighted by Crippen LogP contribution is -2.13. The van der Waals surface area contributed by atoms with Crippen LogP contribution in [0.3, 0.4) is 0 Å². The minimum absolute atomic E-state index is 0.292. The highest BCUT2D eigenvalue weighted by Crippen LogP contribution is 2.15. The number of ether oxygens (including phenoxy) is 1. The quantitative estimate of drug-likeness (QED) is 0.841. The van der Waals surface area contributed by atoms with E-state index in [-0.39, 0.29) is 0 Å². The molecule has 88 valence electrons. The van der Waals surface area contributed by atoms with E-state index in [1.54, 1.807) is 0 Å². The Bertz CT molecular complexity index is 497. The Balaban J connectivity index is 1.84. The number of halogens is 1. The second kappa shape index (κ2) is 5.50. The van der Waals surface area contributed by atoms with E-state index < -0.39 is 6.09 Å². The van der Waals surface area contributed by atoms with Gasteiger partial charge in [0, 0.05) is 23.8 Å². The molecule has 2 rings (SSSR count). The largest absolute Gasteiger partial charge is 0.449 e. The summed E-state index contributed by atoms with van der Waals surface area (Å²) in [6, 6.07) is 7.49. The lowest BCUT2D eigenvalue weighted by atomic mass is 10.2. The molecule has 0 unspecified atom stereocenters. The zero-order chi connectivity index (χ0) is 12.1. The average molecular weight is 251 g/mol. The fraction of sp³-hybridized carbons (Fsp3) is 0.167. The van der Waals surface area contributed by atoms with E-state index in [4.69, 9.17) is 16.3 Å². The SMILES string of the molecule is O=C(OCCc1ccccc1Cl)n1ccnc1. The van der Waals surface area contributed by atoms with Crippen molar-refractivity contribution < 1.29 is 9.53 Å². The summed E-state index contributed by atoms with van der Waals surface area (Å²) < 4.78 is 6.36. The maximum Gasteiger partial charge on any atom is 0.419 e. The molecule has 0 radical (unpaired) electrons. The van der Waals surface area contributed by atoms with Crippen LogP contribution in [0.15, 0.2) is 43.0 Å². The van der Waals surface area contributed by atoms with Crippen LogP contribution in [0.25, 0.3) is 0 Å². The molecule has 1 aromatic heterocycles. The van der Waals surface area contributed by atoms with Crippen LogP contribution in [0.1, 0.15) is 5.56 Å². The first-order valence-corrected chi connectivity index (χ1v) is 5.53. The highest BCUT2D eigenvalue weighted by atomic mass is 35.5. The number of benzene rings is 1. The van der Waals surface area contributed by atoms with E-state index in [9.17, 15) is 4.79 Å². The van der Waals surface area contributed by atoms with Gasteiger partial charge in [0.1, 0.15) is 6.33 Å². The average Bonchev–Trinajstić information content (AvgIpc) is 2.85.